The zero-order valence-corrected chi connectivity index (χ0v) is 37.6. The molecule has 322 valence electrons. The van der Waals surface area contributed by atoms with Crippen LogP contribution in [0.15, 0.2) is 249 Å². The minimum Gasteiger partial charge on any atom is -0.334 e. The number of pyridine rings is 2. The smallest absolute Gasteiger partial charge is 0.137 e. The summed E-state index contributed by atoms with van der Waals surface area (Å²) in [5, 5.41) is 0. The number of anilines is 5. The lowest BCUT2D eigenvalue weighted by Gasteiger charge is -2.37. The summed E-state index contributed by atoms with van der Waals surface area (Å²) in [6, 6.07) is 79.7. The molecule has 0 spiro atoms. The fourth-order valence-electron chi connectivity index (χ4n) is 9.42. The maximum absolute atomic E-state index is 5.07. The lowest BCUT2D eigenvalue weighted by Crippen LogP contribution is -2.35. The van der Waals surface area contributed by atoms with Crippen LogP contribution in [0.2, 0.25) is 0 Å². The normalized spacial score (nSPS) is 14.4. The second-order valence-corrected chi connectivity index (χ2v) is 17.2. The Morgan fingerprint density at radius 3 is 1.48 bits per heavy atom. The highest BCUT2D eigenvalue weighted by molar-refractivity contribution is 5.85. The van der Waals surface area contributed by atoms with Gasteiger partial charge < -0.3 is 4.90 Å². The van der Waals surface area contributed by atoms with E-state index in [-0.39, 0.29) is 12.0 Å². The van der Waals surface area contributed by atoms with Crippen molar-refractivity contribution in [2.24, 2.45) is 5.92 Å². The fourth-order valence-corrected chi connectivity index (χ4v) is 9.42. The molecule has 0 bridgehead atoms. The van der Waals surface area contributed by atoms with Gasteiger partial charge in [-0.15, -0.1) is 0 Å². The standard InChI is InChI=1S/C62H49N5/c1-44-43-53(32-41-58(44)66(54-33-24-48(25-34-54)46-16-6-3-7-17-46)55-35-26-49(27-36-55)47-18-8-4-9-19-47)50-28-37-56(38-29-50)67(60-23-14-15-45(2)63-60)57-39-30-52(31-40-57)62-61(51-20-10-5-11-21-51)64-59-22-12-13-42-65(59)62/h3-44,58H,1-2H3. The van der Waals surface area contributed by atoms with E-state index in [1.807, 2.05) is 25.1 Å². The van der Waals surface area contributed by atoms with Crippen LogP contribution in [-0.4, -0.2) is 20.4 Å². The largest absolute Gasteiger partial charge is 0.334 e. The molecule has 67 heavy (non-hydrogen) atoms. The molecule has 7 aromatic carbocycles. The maximum atomic E-state index is 5.07. The van der Waals surface area contributed by atoms with Gasteiger partial charge in [-0.05, 0) is 119 Å². The molecule has 0 N–H and O–H groups in total. The average Bonchev–Trinajstić information content (AvgIpc) is 3.79. The van der Waals surface area contributed by atoms with E-state index in [1.165, 1.54) is 33.4 Å². The Kier molecular flexibility index (Phi) is 11.2. The van der Waals surface area contributed by atoms with E-state index in [2.05, 4.69) is 252 Å². The van der Waals surface area contributed by atoms with Gasteiger partial charge in [0.05, 0.1) is 17.4 Å². The Hall–Kier alpha value is -8.54. The van der Waals surface area contributed by atoms with Crippen LogP contribution in [0.3, 0.4) is 0 Å². The molecule has 11 rings (SSSR count). The van der Waals surface area contributed by atoms with Crippen molar-refractivity contribution in [3.05, 3.63) is 260 Å². The molecule has 0 fully saturated rings. The number of hydrogen-bond donors (Lipinski definition) is 0. The van der Waals surface area contributed by atoms with Crippen molar-refractivity contribution in [1.29, 1.82) is 0 Å². The van der Waals surface area contributed by atoms with E-state index in [9.17, 15) is 0 Å². The van der Waals surface area contributed by atoms with E-state index in [0.717, 1.165) is 62.4 Å². The molecule has 2 atom stereocenters. The van der Waals surface area contributed by atoms with Crippen molar-refractivity contribution in [2.45, 2.75) is 19.9 Å². The predicted octanol–water partition coefficient (Wildman–Crippen LogP) is 16.0. The molecular formula is C62H49N5. The Labute approximate surface area is 392 Å². The first kappa shape index (κ1) is 41.2. The molecule has 3 heterocycles. The van der Waals surface area contributed by atoms with Crippen molar-refractivity contribution in [1.82, 2.24) is 14.4 Å². The summed E-state index contributed by atoms with van der Waals surface area (Å²) in [4.78, 5) is 14.8. The number of nitrogens with zero attached hydrogens (tertiary/aromatic N) is 5. The van der Waals surface area contributed by atoms with Crippen molar-refractivity contribution in [3.8, 4) is 44.8 Å². The van der Waals surface area contributed by atoms with Gasteiger partial charge in [0.25, 0.3) is 0 Å². The first-order chi connectivity index (χ1) is 33.0. The second-order valence-electron chi connectivity index (χ2n) is 17.2. The van der Waals surface area contributed by atoms with Crippen molar-refractivity contribution < 1.29 is 0 Å². The number of imidazole rings is 1. The van der Waals surface area contributed by atoms with E-state index >= 15 is 0 Å². The highest BCUT2D eigenvalue weighted by Gasteiger charge is 2.27. The van der Waals surface area contributed by atoms with E-state index in [1.54, 1.807) is 0 Å². The van der Waals surface area contributed by atoms with Crippen LogP contribution in [0, 0.1) is 12.8 Å². The fraction of sp³-hybridized carbons (Fsp3) is 0.0645. The molecule has 3 aromatic heterocycles. The molecule has 1 aliphatic carbocycles. The number of aryl methyl sites for hydroxylation is 1. The summed E-state index contributed by atoms with van der Waals surface area (Å²) in [6.45, 7) is 4.37. The molecule has 1 aliphatic rings. The minimum absolute atomic E-state index is 0.100. The van der Waals surface area contributed by atoms with Gasteiger partial charge in [-0.25, -0.2) is 9.97 Å². The topological polar surface area (TPSA) is 36.7 Å². The van der Waals surface area contributed by atoms with Gasteiger partial charge in [0.1, 0.15) is 11.5 Å². The molecule has 0 aliphatic heterocycles. The summed E-state index contributed by atoms with van der Waals surface area (Å²) >= 11 is 0. The molecule has 0 amide bonds. The molecule has 2 unspecified atom stereocenters. The van der Waals surface area contributed by atoms with Crippen molar-refractivity contribution >= 4 is 39.8 Å². The van der Waals surface area contributed by atoms with Gasteiger partial charge in [0.15, 0.2) is 0 Å². The molecular weight excluding hydrogens is 815 g/mol. The van der Waals surface area contributed by atoms with Crippen molar-refractivity contribution in [2.75, 3.05) is 9.80 Å². The number of benzene rings is 7. The van der Waals surface area contributed by atoms with Gasteiger partial charge in [-0.3, -0.25) is 9.30 Å². The predicted molar refractivity (Wildman–Crippen MR) is 279 cm³/mol. The Morgan fingerprint density at radius 1 is 0.433 bits per heavy atom. The van der Waals surface area contributed by atoms with E-state index < -0.39 is 0 Å². The third kappa shape index (κ3) is 8.35. The lowest BCUT2D eigenvalue weighted by molar-refractivity contribution is 0.611. The number of rotatable bonds is 11. The minimum atomic E-state index is 0.100. The van der Waals surface area contributed by atoms with Crippen LogP contribution in [-0.2, 0) is 0 Å². The SMILES string of the molecule is Cc1cccc(N(c2ccc(C3=CC(C)C(N(c4ccc(-c5ccccc5)cc4)c4ccc(-c5ccccc5)cc4)C=C3)cc2)c2ccc(-c3c(-c4ccccc4)nc4ccccn34)cc2)n1. The van der Waals surface area contributed by atoms with Gasteiger partial charge in [0.2, 0.25) is 0 Å². The third-order valence-corrected chi connectivity index (χ3v) is 12.8. The monoisotopic (exact) mass is 863 g/mol. The van der Waals surface area contributed by atoms with Crippen LogP contribution in [0.1, 0.15) is 18.2 Å². The molecule has 0 radical (unpaired) electrons. The highest BCUT2D eigenvalue weighted by Crippen LogP contribution is 2.40. The van der Waals surface area contributed by atoms with E-state index in [0.29, 0.717) is 0 Å². The van der Waals surface area contributed by atoms with Gasteiger partial charge in [-0.2, -0.15) is 0 Å². The van der Waals surface area contributed by atoms with Crippen LogP contribution in [0.5, 0.6) is 0 Å². The van der Waals surface area contributed by atoms with Gasteiger partial charge in [0, 0.05) is 45.8 Å². The number of hydrogen-bond acceptors (Lipinski definition) is 4. The Balaban J connectivity index is 0.894. The number of fused-ring (bicyclic) bond motifs is 1. The van der Waals surface area contributed by atoms with E-state index in [4.69, 9.17) is 9.97 Å². The summed E-state index contributed by atoms with van der Waals surface area (Å²) in [5.74, 6) is 1.08. The average molecular weight is 864 g/mol. The van der Waals surface area contributed by atoms with Gasteiger partial charge in [-0.1, -0.05) is 177 Å². The third-order valence-electron chi connectivity index (χ3n) is 12.8. The lowest BCUT2D eigenvalue weighted by atomic mass is 9.88. The summed E-state index contributed by atoms with van der Waals surface area (Å²) in [5.41, 5.74) is 17.7. The van der Waals surface area contributed by atoms with Crippen molar-refractivity contribution in [3.63, 3.8) is 0 Å². The van der Waals surface area contributed by atoms with Crippen LogP contribution < -0.4 is 9.80 Å². The second kappa shape index (κ2) is 18.1. The first-order valence-electron chi connectivity index (χ1n) is 23.0. The zero-order valence-electron chi connectivity index (χ0n) is 37.6. The molecule has 10 aromatic rings. The number of aromatic nitrogens is 3. The molecule has 0 saturated carbocycles. The molecule has 0 saturated heterocycles. The Morgan fingerprint density at radius 2 is 0.925 bits per heavy atom. The number of allylic oxidation sites excluding steroid dienone is 2. The summed E-state index contributed by atoms with van der Waals surface area (Å²) in [6.07, 6.45) is 9.19. The molecule has 5 heteroatoms. The zero-order chi connectivity index (χ0) is 45.1. The first-order valence-corrected chi connectivity index (χ1v) is 23.0. The highest BCUT2D eigenvalue weighted by atomic mass is 15.2. The summed E-state index contributed by atoms with van der Waals surface area (Å²) < 4.78 is 2.18. The van der Waals surface area contributed by atoms with Crippen LogP contribution in [0.25, 0.3) is 56.0 Å². The van der Waals surface area contributed by atoms with Crippen LogP contribution in [0.4, 0.5) is 28.6 Å². The quantitative estimate of drug-likeness (QED) is 0.130. The maximum Gasteiger partial charge on any atom is 0.137 e. The van der Waals surface area contributed by atoms with Crippen LogP contribution >= 0.6 is 0 Å². The summed E-state index contributed by atoms with van der Waals surface area (Å²) in [7, 11) is 0. The van der Waals surface area contributed by atoms with Gasteiger partial charge >= 0.3 is 0 Å². The Bertz CT molecular complexity index is 3260. The molecule has 5 nitrogen and oxygen atoms in total.